The van der Waals surface area contributed by atoms with E-state index in [9.17, 15) is 13.2 Å². The summed E-state index contributed by atoms with van der Waals surface area (Å²) in [5, 5.41) is 0. The van der Waals surface area contributed by atoms with Crippen molar-refractivity contribution in [2.24, 2.45) is 0 Å². The molecule has 0 radical (unpaired) electrons. The van der Waals surface area contributed by atoms with Gasteiger partial charge in [0.1, 0.15) is 0 Å². The highest BCUT2D eigenvalue weighted by molar-refractivity contribution is 7.92. The molecule has 0 atom stereocenters. The lowest BCUT2D eigenvalue weighted by Gasteiger charge is -2.17. The SMILES string of the molecule is CCCCN(C)C(=O)c1ccc(S(=O)(=O)Nc2c(C)cc(C)cc2C)cc1. The molecule has 1 N–H and O–H groups in total. The van der Waals surface area contributed by atoms with Crippen molar-refractivity contribution in [2.75, 3.05) is 18.3 Å². The zero-order valence-electron chi connectivity index (χ0n) is 16.7. The maximum Gasteiger partial charge on any atom is 0.261 e. The highest BCUT2D eigenvalue weighted by Crippen LogP contribution is 2.25. The van der Waals surface area contributed by atoms with E-state index in [1.807, 2.05) is 32.9 Å². The minimum Gasteiger partial charge on any atom is -0.342 e. The van der Waals surface area contributed by atoms with Crippen molar-refractivity contribution in [1.82, 2.24) is 4.90 Å². The minimum absolute atomic E-state index is 0.106. The Hall–Kier alpha value is -2.34. The number of hydrogen-bond acceptors (Lipinski definition) is 3. The number of anilines is 1. The molecule has 1 amide bonds. The molecule has 0 unspecified atom stereocenters. The summed E-state index contributed by atoms with van der Waals surface area (Å²) in [4.78, 5) is 14.2. The van der Waals surface area contributed by atoms with E-state index in [0.717, 1.165) is 29.5 Å². The summed E-state index contributed by atoms with van der Waals surface area (Å²) in [6, 6.07) is 9.96. The second-order valence-electron chi connectivity index (χ2n) is 6.98. The predicted octanol–water partition coefficient (Wildman–Crippen LogP) is 4.28. The van der Waals surface area contributed by atoms with Crippen LogP contribution in [0.4, 0.5) is 5.69 Å². The Bertz CT molecular complexity index is 896. The Morgan fingerprint density at radius 2 is 1.59 bits per heavy atom. The van der Waals surface area contributed by atoms with E-state index in [1.54, 1.807) is 24.1 Å². The van der Waals surface area contributed by atoms with Gasteiger partial charge in [-0.3, -0.25) is 9.52 Å². The Morgan fingerprint density at radius 1 is 1.04 bits per heavy atom. The zero-order valence-corrected chi connectivity index (χ0v) is 17.5. The summed E-state index contributed by atoms with van der Waals surface area (Å²) >= 11 is 0. The second kappa shape index (κ2) is 8.57. The molecule has 5 nitrogen and oxygen atoms in total. The van der Waals surface area contributed by atoms with E-state index < -0.39 is 10.0 Å². The highest BCUT2D eigenvalue weighted by atomic mass is 32.2. The van der Waals surface area contributed by atoms with Crippen LogP contribution in [0.25, 0.3) is 0 Å². The lowest BCUT2D eigenvalue weighted by atomic mass is 10.1. The van der Waals surface area contributed by atoms with Gasteiger partial charge in [0, 0.05) is 19.2 Å². The number of benzene rings is 2. The third kappa shape index (κ3) is 5.10. The van der Waals surface area contributed by atoms with Crippen molar-refractivity contribution in [2.45, 2.75) is 45.4 Å². The summed E-state index contributed by atoms with van der Waals surface area (Å²) in [5.41, 5.74) is 3.92. The van der Waals surface area contributed by atoms with Gasteiger partial charge in [-0.2, -0.15) is 0 Å². The van der Waals surface area contributed by atoms with E-state index >= 15 is 0 Å². The molecule has 2 aromatic rings. The largest absolute Gasteiger partial charge is 0.342 e. The number of sulfonamides is 1. The van der Waals surface area contributed by atoms with Crippen LogP contribution in [0.15, 0.2) is 41.3 Å². The number of aryl methyl sites for hydroxylation is 3. The van der Waals surface area contributed by atoms with Crippen LogP contribution in [-0.4, -0.2) is 32.8 Å². The van der Waals surface area contributed by atoms with Crippen molar-refractivity contribution in [3.05, 3.63) is 58.7 Å². The predicted molar refractivity (Wildman–Crippen MR) is 110 cm³/mol. The molecular weight excluding hydrogens is 360 g/mol. The van der Waals surface area contributed by atoms with E-state index in [1.165, 1.54) is 12.1 Å². The average molecular weight is 389 g/mol. The van der Waals surface area contributed by atoms with Gasteiger partial charge in [0.25, 0.3) is 15.9 Å². The monoisotopic (exact) mass is 388 g/mol. The van der Waals surface area contributed by atoms with Gasteiger partial charge in [-0.1, -0.05) is 31.0 Å². The lowest BCUT2D eigenvalue weighted by Crippen LogP contribution is -2.27. The maximum absolute atomic E-state index is 12.7. The summed E-state index contributed by atoms with van der Waals surface area (Å²) in [6.07, 6.45) is 1.95. The molecule has 146 valence electrons. The molecule has 27 heavy (non-hydrogen) atoms. The van der Waals surface area contributed by atoms with Crippen molar-refractivity contribution in [3.63, 3.8) is 0 Å². The normalized spacial score (nSPS) is 11.3. The van der Waals surface area contributed by atoms with Crippen molar-refractivity contribution >= 4 is 21.6 Å². The lowest BCUT2D eigenvalue weighted by molar-refractivity contribution is 0.0793. The van der Waals surface area contributed by atoms with Crippen LogP contribution in [0, 0.1) is 20.8 Å². The van der Waals surface area contributed by atoms with Gasteiger partial charge in [0.2, 0.25) is 0 Å². The van der Waals surface area contributed by atoms with Gasteiger partial charge >= 0.3 is 0 Å². The number of carbonyl (C=O) groups is 1. The number of amides is 1. The molecule has 0 aliphatic rings. The van der Waals surface area contributed by atoms with E-state index in [0.29, 0.717) is 17.8 Å². The standard InChI is InChI=1S/C21H28N2O3S/c1-6-7-12-23(5)21(24)18-8-10-19(11-9-18)27(25,26)22-20-16(3)13-15(2)14-17(20)4/h8-11,13-14,22H,6-7,12H2,1-5H3. The molecule has 0 spiro atoms. The summed E-state index contributed by atoms with van der Waals surface area (Å²) in [7, 11) is -1.97. The van der Waals surface area contributed by atoms with Gasteiger partial charge < -0.3 is 4.90 Å². The summed E-state index contributed by atoms with van der Waals surface area (Å²) in [6.45, 7) is 8.49. The van der Waals surface area contributed by atoms with Crippen LogP contribution < -0.4 is 4.72 Å². The van der Waals surface area contributed by atoms with E-state index in [2.05, 4.69) is 11.6 Å². The number of nitrogens with zero attached hydrogens (tertiary/aromatic N) is 1. The molecular formula is C21H28N2O3S. The first-order valence-corrected chi connectivity index (χ1v) is 10.6. The van der Waals surface area contributed by atoms with Crippen molar-refractivity contribution in [3.8, 4) is 0 Å². The topological polar surface area (TPSA) is 66.5 Å². The van der Waals surface area contributed by atoms with Crippen LogP contribution >= 0.6 is 0 Å². The molecule has 0 aliphatic heterocycles. The van der Waals surface area contributed by atoms with Crippen LogP contribution in [0.3, 0.4) is 0 Å². The summed E-state index contributed by atoms with van der Waals surface area (Å²) < 4.78 is 28.2. The zero-order chi connectivity index (χ0) is 20.2. The van der Waals surface area contributed by atoms with E-state index in [-0.39, 0.29) is 10.8 Å². The fourth-order valence-corrected chi connectivity index (χ4v) is 4.23. The van der Waals surface area contributed by atoms with Gasteiger partial charge in [0.15, 0.2) is 0 Å². The number of hydrogen-bond donors (Lipinski definition) is 1. The second-order valence-corrected chi connectivity index (χ2v) is 8.67. The first-order valence-electron chi connectivity index (χ1n) is 9.12. The average Bonchev–Trinajstić information content (AvgIpc) is 2.62. The number of nitrogens with one attached hydrogen (secondary N) is 1. The number of unbranched alkanes of at least 4 members (excludes halogenated alkanes) is 1. The number of rotatable bonds is 7. The summed E-state index contributed by atoms with van der Waals surface area (Å²) in [5.74, 6) is -0.106. The van der Waals surface area contributed by atoms with Gasteiger partial charge in [-0.15, -0.1) is 0 Å². The number of carbonyl (C=O) groups excluding carboxylic acids is 1. The van der Waals surface area contributed by atoms with Gasteiger partial charge in [-0.05, 0) is 62.6 Å². The quantitative estimate of drug-likeness (QED) is 0.770. The highest BCUT2D eigenvalue weighted by Gasteiger charge is 2.18. The Balaban J connectivity index is 2.22. The Kier molecular flexibility index (Phi) is 6.65. The first kappa shape index (κ1) is 21.0. The fourth-order valence-electron chi connectivity index (χ4n) is 3.03. The molecule has 0 fully saturated rings. The van der Waals surface area contributed by atoms with Crippen molar-refractivity contribution in [1.29, 1.82) is 0 Å². The molecule has 0 saturated carbocycles. The molecule has 0 saturated heterocycles. The fraction of sp³-hybridized carbons (Fsp3) is 0.381. The van der Waals surface area contributed by atoms with Gasteiger partial charge in [-0.25, -0.2) is 8.42 Å². The molecule has 6 heteroatoms. The van der Waals surface area contributed by atoms with Gasteiger partial charge in [0.05, 0.1) is 10.6 Å². The van der Waals surface area contributed by atoms with Crippen LogP contribution in [-0.2, 0) is 10.0 Å². The minimum atomic E-state index is -3.72. The Morgan fingerprint density at radius 3 is 2.11 bits per heavy atom. The van der Waals surface area contributed by atoms with Crippen LogP contribution in [0.5, 0.6) is 0 Å². The molecule has 0 bridgehead atoms. The molecule has 0 aromatic heterocycles. The third-order valence-corrected chi connectivity index (χ3v) is 5.88. The molecule has 2 rings (SSSR count). The molecule has 2 aromatic carbocycles. The Labute approximate surface area is 162 Å². The first-order chi connectivity index (χ1) is 12.7. The van der Waals surface area contributed by atoms with E-state index in [4.69, 9.17) is 0 Å². The smallest absolute Gasteiger partial charge is 0.261 e. The molecule has 0 heterocycles. The van der Waals surface area contributed by atoms with Crippen molar-refractivity contribution < 1.29 is 13.2 Å². The van der Waals surface area contributed by atoms with Crippen LogP contribution in [0.1, 0.15) is 46.8 Å². The maximum atomic E-state index is 12.7. The van der Waals surface area contributed by atoms with Crippen LogP contribution in [0.2, 0.25) is 0 Å². The molecule has 0 aliphatic carbocycles. The third-order valence-electron chi connectivity index (χ3n) is 4.52.